The lowest BCUT2D eigenvalue weighted by molar-refractivity contribution is -0.143. The highest BCUT2D eigenvalue weighted by molar-refractivity contribution is 6.32. The second kappa shape index (κ2) is 8.21. The fraction of sp³-hybridized carbons (Fsp3) is 0.368. The number of esters is 1. The van der Waals surface area contributed by atoms with Gasteiger partial charge in [-0.05, 0) is 44.4 Å². The molecule has 0 fully saturated rings. The first-order chi connectivity index (χ1) is 11.8. The summed E-state index contributed by atoms with van der Waals surface area (Å²) >= 11 is 6.27. The average molecular weight is 365 g/mol. The van der Waals surface area contributed by atoms with Crippen molar-refractivity contribution in [2.45, 2.75) is 33.6 Å². The predicted molar refractivity (Wildman–Crippen MR) is 97.5 cm³/mol. The quantitative estimate of drug-likeness (QED) is 0.418. The van der Waals surface area contributed by atoms with Crippen LogP contribution in [0.5, 0.6) is 5.75 Å². The fourth-order valence-corrected chi connectivity index (χ4v) is 2.67. The Labute approximate surface area is 151 Å². The molecule has 2 rings (SSSR count). The molecule has 6 heteroatoms. The normalized spacial score (nSPS) is 10.7. The van der Waals surface area contributed by atoms with Crippen LogP contribution in [0.2, 0.25) is 5.02 Å². The van der Waals surface area contributed by atoms with E-state index in [2.05, 4.69) is 6.58 Å². The molecule has 0 atom stereocenters. The molecule has 0 saturated heterocycles. The van der Waals surface area contributed by atoms with Gasteiger partial charge in [0, 0.05) is 23.4 Å². The lowest BCUT2D eigenvalue weighted by atomic mass is 10.0. The first-order valence-electron chi connectivity index (χ1n) is 8.02. The average Bonchev–Trinajstić information content (AvgIpc) is 2.54. The van der Waals surface area contributed by atoms with E-state index >= 15 is 0 Å². The Morgan fingerprint density at radius 3 is 2.72 bits per heavy atom. The summed E-state index contributed by atoms with van der Waals surface area (Å²) in [7, 11) is 0. The molecule has 0 bridgehead atoms. The topological polar surface area (TPSA) is 65.7 Å². The zero-order valence-corrected chi connectivity index (χ0v) is 15.4. The van der Waals surface area contributed by atoms with Gasteiger partial charge in [-0.15, -0.1) is 0 Å². The Hall–Kier alpha value is -2.27. The van der Waals surface area contributed by atoms with Crippen molar-refractivity contribution in [1.29, 1.82) is 0 Å². The third kappa shape index (κ3) is 4.63. The minimum absolute atomic E-state index is 0.123. The van der Waals surface area contributed by atoms with Crippen LogP contribution in [0.1, 0.15) is 31.4 Å². The highest BCUT2D eigenvalue weighted by Crippen LogP contribution is 2.32. The van der Waals surface area contributed by atoms with Crippen LogP contribution in [0.15, 0.2) is 33.5 Å². The number of hydrogen-bond acceptors (Lipinski definition) is 5. The Morgan fingerprint density at radius 1 is 1.36 bits per heavy atom. The smallest absolute Gasteiger partial charge is 0.339 e. The number of halogens is 1. The van der Waals surface area contributed by atoms with Gasteiger partial charge in [-0.3, -0.25) is 4.79 Å². The van der Waals surface area contributed by atoms with E-state index in [4.69, 9.17) is 25.5 Å². The number of ether oxygens (including phenoxy) is 2. The number of benzene rings is 1. The molecule has 5 nitrogen and oxygen atoms in total. The fourth-order valence-electron chi connectivity index (χ4n) is 2.45. The molecule has 2 aromatic rings. The van der Waals surface area contributed by atoms with Gasteiger partial charge in [0.1, 0.15) is 17.9 Å². The molecule has 1 aromatic heterocycles. The molecule has 0 amide bonds. The van der Waals surface area contributed by atoms with E-state index in [1.165, 1.54) is 0 Å². The Kier molecular flexibility index (Phi) is 6.26. The van der Waals surface area contributed by atoms with Crippen LogP contribution in [0, 0.1) is 6.92 Å². The van der Waals surface area contributed by atoms with E-state index in [9.17, 15) is 9.59 Å². The summed E-state index contributed by atoms with van der Waals surface area (Å²) in [6, 6.07) is 3.31. The van der Waals surface area contributed by atoms with Crippen molar-refractivity contribution in [2.24, 2.45) is 0 Å². The van der Waals surface area contributed by atoms with Crippen LogP contribution in [0.4, 0.5) is 0 Å². The van der Waals surface area contributed by atoms with E-state index in [1.807, 2.05) is 13.8 Å². The van der Waals surface area contributed by atoms with Gasteiger partial charge in [-0.2, -0.15) is 0 Å². The molecule has 0 aliphatic carbocycles. The van der Waals surface area contributed by atoms with Crippen molar-refractivity contribution >= 4 is 28.5 Å². The second-order valence-electron chi connectivity index (χ2n) is 5.82. The van der Waals surface area contributed by atoms with Crippen LogP contribution in [0.3, 0.4) is 0 Å². The Morgan fingerprint density at radius 2 is 2.08 bits per heavy atom. The van der Waals surface area contributed by atoms with Crippen molar-refractivity contribution in [3.63, 3.8) is 0 Å². The minimum atomic E-state index is -0.470. The molecule has 0 unspecified atom stereocenters. The van der Waals surface area contributed by atoms with Crippen LogP contribution < -0.4 is 10.4 Å². The van der Waals surface area contributed by atoms with Crippen LogP contribution >= 0.6 is 11.6 Å². The highest BCUT2D eigenvalue weighted by atomic mass is 35.5. The summed E-state index contributed by atoms with van der Waals surface area (Å²) in [5.41, 5.74) is 1.96. The second-order valence-corrected chi connectivity index (χ2v) is 6.23. The van der Waals surface area contributed by atoms with Crippen LogP contribution in [-0.2, 0) is 16.0 Å². The lowest BCUT2D eigenvalue weighted by Gasteiger charge is -2.11. The molecule has 0 aliphatic heterocycles. The number of fused-ring (bicyclic) bond motifs is 1. The Balaban J connectivity index is 2.38. The molecule has 1 heterocycles. The third-order valence-corrected chi connectivity index (χ3v) is 3.99. The molecule has 0 saturated carbocycles. The molecule has 25 heavy (non-hydrogen) atoms. The largest absolute Gasteiger partial charge is 0.488 e. The monoisotopic (exact) mass is 364 g/mol. The van der Waals surface area contributed by atoms with Crippen molar-refractivity contribution < 1.29 is 18.7 Å². The number of rotatable bonds is 7. The van der Waals surface area contributed by atoms with Gasteiger partial charge in [-0.1, -0.05) is 18.2 Å². The van der Waals surface area contributed by atoms with E-state index in [0.717, 1.165) is 11.1 Å². The van der Waals surface area contributed by atoms with Gasteiger partial charge in [0.05, 0.1) is 11.6 Å². The molecule has 0 N–H and O–H groups in total. The summed E-state index contributed by atoms with van der Waals surface area (Å²) in [4.78, 5) is 23.8. The number of carbonyl (C=O) groups is 1. The first-order valence-corrected chi connectivity index (χ1v) is 8.40. The minimum Gasteiger partial charge on any atom is -0.488 e. The van der Waals surface area contributed by atoms with E-state index in [0.29, 0.717) is 40.5 Å². The van der Waals surface area contributed by atoms with Gasteiger partial charge < -0.3 is 13.9 Å². The van der Waals surface area contributed by atoms with Gasteiger partial charge in [0.2, 0.25) is 0 Å². The number of aryl methyl sites for hydroxylation is 1. The summed E-state index contributed by atoms with van der Waals surface area (Å²) in [5, 5.41) is 1.13. The van der Waals surface area contributed by atoms with Crippen LogP contribution in [-0.4, -0.2) is 19.2 Å². The van der Waals surface area contributed by atoms with Crippen molar-refractivity contribution in [3.8, 4) is 5.75 Å². The molecule has 0 spiro atoms. The predicted octanol–water partition coefficient (Wildman–Crippen LogP) is 4.21. The van der Waals surface area contributed by atoms with E-state index in [1.54, 1.807) is 19.1 Å². The van der Waals surface area contributed by atoms with Gasteiger partial charge in [0.15, 0.2) is 0 Å². The summed E-state index contributed by atoms with van der Waals surface area (Å²) < 4.78 is 15.9. The van der Waals surface area contributed by atoms with Crippen molar-refractivity contribution in [2.75, 3.05) is 13.2 Å². The van der Waals surface area contributed by atoms with Gasteiger partial charge in [-0.25, -0.2) is 4.79 Å². The zero-order chi connectivity index (χ0) is 18.6. The number of hydrogen-bond donors (Lipinski definition) is 0. The van der Waals surface area contributed by atoms with Crippen molar-refractivity contribution in [3.05, 3.63) is 50.9 Å². The SMILES string of the molecule is C=C(C)COc1cc2oc(=O)c(CCC(=O)OCC)c(C)c2cc1Cl. The molecular formula is C19H21ClO5. The van der Waals surface area contributed by atoms with Gasteiger partial charge in [0.25, 0.3) is 0 Å². The Bertz CT molecular complexity index is 866. The van der Waals surface area contributed by atoms with E-state index < -0.39 is 5.63 Å². The molecule has 1 aromatic carbocycles. The standard InChI is InChI=1S/C19H21ClO5/c1-5-23-18(21)7-6-13-12(4)14-8-15(20)17(24-10-11(2)3)9-16(14)25-19(13)22/h8-9H,2,5-7,10H2,1,3-4H3. The van der Waals surface area contributed by atoms with Gasteiger partial charge >= 0.3 is 11.6 Å². The maximum Gasteiger partial charge on any atom is 0.339 e. The molecule has 0 aliphatic rings. The summed E-state index contributed by atoms with van der Waals surface area (Å²) in [5.74, 6) is 0.0852. The maximum atomic E-state index is 12.3. The highest BCUT2D eigenvalue weighted by Gasteiger charge is 2.16. The van der Waals surface area contributed by atoms with E-state index in [-0.39, 0.29) is 18.8 Å². The molecule has 0 radical (unpaired) electrons. The third-order valence-electron chi connectivity index (χ3n) is 3.70. The van der Waals surface area contributed by atoms with Crippen molar-refractivity contribution in [1.82, 2.24) is 0 Å². The zero-order valence-electron chi connectivity index (χ0n) is 14.6. The molecular weight excluding hydrogens is 344 g/mol. The lowest BCUT2D eigenvalue weighted by Crippen LogP contribution is -2.13. The summed E-state index contributed by atoms with van der Waals surface area (Å²) in [6.45, 7) is 9.80. The first kappa shape index (κ1) is 19.1. The maximum absolute atomic E-state index is 12.3. The van der Waals surface area contributed by atoms with Crippen LogP contribution in [0.25, 0.3) is 11.0 Å². The summed E-state index contributed by atoms with van der Waals surface area (Å²) in [6.07, 6.45) is 0.382. The number of carbonyl (C=O) groups excluding carboxylic acids is 1. The molecule has 134 valence electrons.